The highest BCUT2D eigenvalue weighted by molar-refractivity contribution is 5.90. The molecule has 0 aliphatic carbocycles. The summed E-state index contributed by atoms with van der Waals surface area (Å²) in [5.41, 5.74) is 5.14. The molecule has 104 valence electrons. The van der Waals surface area contributed by atoms with E-state index >= 15 is 0 Å². The molecule has 0 spiro atoms. The molecule has 1 rings (SSSR count). The third-order valence-electron chi connectivity index (χ3n) is 2.20. The highest BCUT2D eigenvalue weighted by atomic mass is 16.5. The van der Waals surface area contributed by atoms with Crippen molar-refractivity contribution in [3.63, 3.8) is 0 Å². The number of primary amides is 1. The molecule has 0 aliphatic heterocycles. The first-order valence-corrected chi connectivity index (χ1v) is 5.76. The number of anilines is 1. The van der Waals surface area contributed by atoms with Gasteiger partial charge in [0, 0.05) is 26.6 Å². The van der Waals surface area contributed by atoms with Crippen LogP contribution in [-0.4, -0.2) is 48.8 Å². The highest BCUT2D eigenvalue weighted by Crippen LogP contribution is 2.01. The van der Waals surface area contributed by atoms with Crippen LogP contribution in [0.3, 0.4) is 0 Å². The van der Waals surface area contributed by atoms with Crippen molar-refractivity contribution in [2.45, 2.75) is 6.42 Å². The van der Waals surface area contributed by atoms with E-state index in [9.17, 15) is 9.59 Å². The van der Waals surface area contributed by atoms with Gasteiger partial charge in [-0.15, -0.1) is 10.2 Å². The van der Waals surface area contributed by atoms with Gasteiger partial charge in [0.05, 0.1) is 6.61 Å². The summed E-state index contributed by atoms with van der Waals surface area (Å²) in [7, 11) is 1.57. The van der Waals surface area contributed by atoms with Gasteiger partial charge >= 0.3 is 0 Å². The summed E-state index contributed by atoms with van der Waals surface area (Å²) in [5, 5.41) is 13.0. The number of rotatable bonds is 8. The fourth-order valence-electron chi connectivity index (χ4n) is 1.24. The van der Waals surface area contributed by atoms with E-state index in [0.29, 0.717) is 31.9 Å². The van der Waals surface area contributed by atoms with Crippen molar-refractivity contribution in [3.8, 4) is 0 Å². The number of hydrogen-bond acceptors (Lipinski definition) is 6. The Kier molecular flexibility index (Phi) is 6.23. The Hall–Kier alpha value is -2.22. The fourth-order valence-corrected chi connectivity index (χ4v) is 1.24. The highest BCUT2D eigenvalue weighted by Gasteiger charge is 2.04. The molecule has 1 aromatic rings. The molecule has 0 aliphatic rings. The van der Waals surface area contributed by atoms with Gasteiger partial charge in [0.2, 0.25) is 5.91 Å². The summed E-state index contributed by atoms with van der Waals surface area (Å²) in [6.07, 6.45) is 0.308. The van der Waals surface area contributed by atoms with Crippen molar-refractivity contribution in [1.82, 2.24) is 15.5 Å². The van der Waals surface area contributed by atoms with Crippen molar-refractivity contribution < 1.29 is 14.3 Å². The molecule has 8 heteroatoms. The number of hydrogen-bond donors (Lipinski definition) is 3. The Balaban J connectivity index is 2.25. The molecule has 4 N–H and O–H groups in total. The number of carbonyl (C=O) groups excluding carboxylic acids is 2. The number of carbonyl (C=O) groups is 2. The largest absolute Gasteiger partial charge is 0.383 e. The van der Waals surface area contributed by atoms with Gasteiger partial charge in [-0.1, -0.05) is 0 Å². The Morgan fingerprint density at radius 3 is 2.68 bits per heavy atom. The number of methoxy groups -OCH3 is 1. The number of nitrogens with zero attached hydrogens (tertiary/aromatic N) is 2. The molecular formula is C11H17N5O3. The summed E-state index contributed by atoms with van der Waals surface area (Å²) < 4.78 is 4.81. The van der Waals surface area contributed by atoms with Crippen molar-refractivity contribution >= 4 is 17.6 Å². The first-order valence-electron chi connectivity index (χ1n) is 5.76. The second-order valence-corrected chi connectivity index (χ2v) is 3.69. The van der Waals surface area contributed by atoms with E-state index in [1.807, 2.05) is 0 Å². The first-order chi connectivity index (χ1) is 9.13. The van der Waals surface area contributed by atoms with Gasteiger partial charge in [-0.05, 0) is 12.1 Å². The second-order valence-electron chi connectivity index (χ2n) is 3.69. The lowest BCUT2D eigenvalue weighted by Gasteiger charge is -2.06. The van der Waals surface area contributed by atoms with Crippen LogP contribution in [0.25, 0.3) is 0 Å². The monoisotopic (exact) mass is 267 g/mol. The quantitative estimate of drug-likeness (QED) is 0.527. The standard InChI is InChI=1S/C11H17N5O3/c1-19-7-6-14-10(17)4-5-13-9-3-2-8(11(12)18)15-16-9/h2-3H,4-7H2,1H3,(H2,12,18)(H,13,16)(H,14,17). The second kappa shape index (κ2) is 7.98. The van der Waals surface area contributed by atoms with Crippen molar-refractivity contribution in [3.05, 3.63) is 17.8 Å². The Morgan fingerprint density at radius 1 is 1.32 bits per heavy atom. The molecule has 19 heavy (non-hydrogen) atoms. The van der Waals surface area contributed by atoms with Crippen LogP contribution < -0.4 is 16.4 Å². The predicted molar refractivity (Wildman–Crippen MR) is 68.5 cm³/mol. The fraction of sp³-hybridized carbons (Fsp3) is 0.455. The van der Waals surface area contributed by atoms with E-state index in [0.717, 1.165) is 0 Å². The molecule has 8 nitrogen and oxygen atoms in total. The number of nitrogens with two attached hydrogens (primary N) is 1. The molecular weight excluding hydrogens is 250 g/mol. The molecule has 0 bridgehead atoms. The lowest BCUT2D eigenvalue weighted by Crippen LogP contribution is -2.28. The van der Waals surface area contributed by atoms with Crippen LogP contribution in [-0.2, 0) is 9.53 Å². The van der Waals surface area contributed by atoms with Gasteiger partial charge in [0.25, 0.3) is 5.91 Å². The third kappa shape index (κ3) is 5.77. The minimum atomic E-state index is -0.628. The SMILES string of the molecule is COCCNC(=O)CCNc1ccc(C(N)=O)nn1. The zero-order valence-electron chi connectivity index (χ0n) is 10.7. The van der Waals surface area contributed by atoms with Gasteiger partial charge in [-0.25, -0.2) is 0 Å². The molecule has 0 saturated heterocycles. The van der Waals surface area contributed by atoms with Crippen LogP contribution in [0, 0.1) is 0 Å². The molecule has 1 heterocycles. The molecule has 1 aromatic heterocycles. The number of amides is 2. The topological polar surface area (TPSA) is 119 Å². The van der Waals surface area contributed by atoms with Crippen molar-refractivity contribution in [2.75, 3.05) is 32.1 Å². The summed E-state index contributed by atoms with van der Waals surface area (Å²) in [4.78, 5) is 22.1. The van der Waals surface area contributed by atoms with E-state index in [4.69, 9.17) is 10.5 Å². The third-order valence-corrected chi connectivity index (χ3v) is 2.20. The Labute approximate surface area is 110 Å². The van der Waals surface area contributed by atoms with E-state index in [1.54, 1.807) is 13.2 Å². The summed E-state index contributed by atoms with van der Waals surface area (Å²) >= 11 is 0. The maximum absolute atomic E-state index is 11.3. The summed E-state index contributed by atoms with van der Waals surface area (Å²) in [6.45, 7) is 1.39. The zero-order chi connectivity index (χ0) is 14.1. The minimum Gasteiger partial charge on any atom is -0.383 e. The predicted octanol–water partition coefficient (Wildman–Crippen LogP) is -0.860. The molecule has 0 aromatic carbocycles. The van der Waals surface area contributed by atoms with Gasteiger partial charge in [0.1, 0.15) is 5.82 Å². The maximum atomic E-state index is 11.3. The zero-order valence-corrected chi connectivity index (χ0v) is 10.7. The maximum Gasteiger partial charge on any atom is 0.269 e. The van der Waals surface area contributed by atoms with Crippen LogP contribution in [0.15, 0.2) is 12.1 Å². The first kappa shape index (κ1) is 14.8. The minimum absolute atomic E-state index is 0.0775. The normalized spacial score (nSPS) is 9.95. The van der Waals surface area contributed by atoms with E-state index in [2.05, 4.69) is 20.8 Å². The Bertz CT molecular complexity index is 421. The van der Waals surface area contributed by atoms with E-state index in [1.165, 1.54) is 6.07 Å². The number of ether oxygens (including phenoxy) is 1. The number of nitrogens with one attached hydrogen (secondary N) is 2. The van der Waals surface area contributed by atoms with Crippen LogP contribution >= 0.6 is 0 Å². The van der Waals surface area contributed by atoms with E-state index in [-0.39, 0.29) is 11.6 Å². The molecule has 0 fully saturated rings. The average molecular weight is 267 g/mol. The smallest absolute Gasteiger partial charge is 0.269 e. The average Bonchev–Trinajstić information content (AvgIpc) is 2.39. The summed E-state index contributed by atoms with van der Waals surface area (Å²) in [5.74, 6) is -0.225. The van der Waals surface area contributed by atoms with Crippen LogP contribution in [0.5, 0.6) is 0 Å². The van der Waals surface area contributed by atoms with E-state index < -0.39 is 5.91 Å². The lowest BCUT2D eigenvalue weighted by atomic mass is 10.3. The van der Waals surface area contributed by atoms with Crippen LogP contribution in [0.4, 0.5) is 5.82 Å². The Morgan fingerprint density at radius 2 is 2.11 bits per heavy atom. The molecule has 0 radical (unpaired) electrons. The molecule has 0 atom stereocenters. The van der Waals surface area contributed by atoms with Gasteiger partial charge in [-0.2, -0.15) is 0 Å². The lowest BCUT2D eigenvalue weighted by molar-refractivity contribution is -0.121. The van der Waals surface area contributed by atoms with Crippen molar-refractivity contribution in [1.29, 1.82) is 0 Å². The van der Waals surface area contributed by atoms with Gasteiger partial charge < -0.3 is 21.1 Å². The van der Waals surface area contributed by atoms with Gasteiger partial charge in [0.15, 0.2) is 5.69 Å². The molecule has 2 amide bonds. The number of aromatic nitrogens is 2. The van der Waals surface area contributed by atoms with Crippen LogP contribution in [0.2, 0.25) is 0 Å². The molecule has 0 unspecified atom stereocenters. The molecule has 0 saturated carbocycles. The van der Waals surface area contributed by atoms with Crippen molar-refractivity contribution in [2.24, 2.45) is 5.73 Å². The van der Waals surface area contributed by atoms with Gasteiger partial charge in [-0.3, -0.25) is 9.59 Å². The van der Waals surface area contributed by atoms with Crippen LogP contribution in [0.1, 0.15) is 16.9 Å². The summed E-state index contributed by atoms with van der Waals surface area (Å²) in [6, 6.07) is 3.05.